The number of aromatic nitrogens is 2. The van der Waals surface area contributed by atoms with Gasteiger partial charge < -0.3 is 10.4 Å². The molecule has 0 fully saturated rings. The van der Waals surface area contributed by atoms with Crippen molar-refractivity contribution in [1.29, 1.82) is 0 Å². The van der Waals surface area contributed by atoms with Crippen LogP contribution in [0.3, 0.4) is 0 Å². The number of carbonyl (C=O) groups is 2. The molecule has 1 rings (SSSR count). The number of aryl methyl sites for hydroxylation is 2. The van der Waals surface area contributed by atoms with E-state index >= 15 is 0 Å². The van der Waals surface area contributed by atoms with Gasteiger partial charge in [0.25, 0.3) is 0 Å². The number of carboxylic acid groups (broad SMARTS) is 1. The Hall–Kier alpha value is -1.89. The molecule has 100 valence electrons. The molecule has 0 spiro atoms. The molecular formula is C11H18N4O3. The van der Waals surface area contributed by atoms with Crippen LogP contribution in [0.4, 0.5) is 5.69 Å². The lowest BCUT2D eigenvalue weighted by Gasteiger charge is -2.15. The lowest BCUT2D eigenvalue weighted by molar-refractivity contribution is -0.137. The highest BCUT2D eigenvalue weighted by Gasteiger charge is 2.12. The number of carbonyl (C=O) groups excluding carboxylic acids is 1. The number of rotatable bonds is 6. The fourth-order valence-corrected chi connectivity index (χ4v) is 1.52. The Morgan fingerprint density at radius 2 is 2.11 bits per heavy atom. The van der Waals surface area contributed by atoms with E-state index in [1.54, 1.807) is 18.9 Å². The molecule has 1 aromatic rings. The van der Waals surface area contributed by atoms with Crippen LogP contribution in [0.15, 0.2) is 0 Å². The van der Waals surface area contributed by atoms with Crippen LogP contribution >= 0.6 is 0 Å². The van der Waals surface area contributed by atoms with E-state index in [2.05, 4.69) is 15.5 Å². The average molecular weight is 254 g/mol. The molecule has 0 saturated heterocycles. The molecule has 1 amide bonds. The summed E-state index contributed by atoms with van der Waals surface area (Å²) in [5.41, 5.74) is 2.22. The molecule has 0 bridgehead atoms. The van der Waals surface area contributed by atoms with Crippen LogP contribution in [-0.4, -0.2) is 52.2 Å². The van der Waals surface area contributed by atoms with Crippen LogP contribution in [-0.2, 0) is 9.59 Å². The summed E-state index contributed by atoms with van der Waals surface area (Å²) < 4.78 is 0. The fourth-order valence-electron chi connectivity index (χ4n) is 1.52. The molecule has 7 heteroatoms. The number of nitrogens with one attached hydrogen (secondary N) is 2. The van der Waals surface area contributed by atoms with Crippen molar-refractivity contribution in [2.75, 3.05) is 25.5 Å². The number of amides is 1. The van der Waals surface area contributed by atoms with Gasteiger partial charge in [-0.15, -0.1) is 0 Å². The van der Waals surface area contributed by atoms with Gasteiger partial charge in [-0.05, 0) is 20.9 Å². The number of nitrogens with zero attached hydrogens (tertiary/aromatic N) is 2. The topological polar surface area (TPSA) is 98.3 Å². The second kappa shape index (κ2) is 6.15. The maximum Gasteiger partial charge on any atom is 0.304 e. The molecular weight excluding hydrogens is 236 g/mol. The van der Waals surface area contributed by atoms with Crippen molar-refractivity contribution in [1.82, 2.24) is 15.1 Å². The highest BCUT2D eigenvalue weighted by atomic mass is 16.4. The van der Waals surface area contributed by atoms with Gasteiger partial charge in [0.05, 0.1) is 30.0 Å². The van der Waals surface area contributed by atoms with E-state index in [-0.39, 0.29) is 18.9 Å². The van der Waals surface area contributed by atoms with E-state index in [1.807, 2.05) is 6.92 Å². The van der Waals surface area contributed by atoms with Gasteiger partial charge in [-0.2, -0.15) is 5.10 Å². The van der Waals surface area contributed by atoms with Crippen LogP contribution in [0.2, 0.25) is 0 Å². The molecule has 0 atom stereocenters. The molecule has 0 aromatic carbocycles. The first-order valence-corrected chi connectivity index (χ1v) is 5.62. The lowest BCUT2D eigenvalue weighted by Crippen LogP contribution is -2.31. The smallest absolute Gasteiger partial charge is 0.304 e. The highest BCUT2D eigenvalue weighted by molar-refractivity contribution is 5.93. The summed E-state index contributed by atoms with van der Waals surface area (Å²) in [4.78, 5) is 23.8. The van der Waals surface area contributed by atoms with Gasteiger partial charge in [-0.3, -0.25) is 19.6 Å². The van der Waals surface area contributed by atoms with E-state index in [0.717, 1.165) is 11.4 Å². The molecule has 18 heavy (non-hydrogen) atoms. The predicted octanol–water partition coefficient (Wildman–Crippen LogP) is 0.372. The second-order valence-electron chi connectivity index (χ2n) is 4.24. The van der Waals surface area contributed by atoms with Gasteiger partial charge >= 0.3 is 5.97 Å². The van der Waals surface area contributed by atoms with Gasteiger partial charge in [0.2, 0.25) is 5.91 Å². The van der Waals surface area contributed by atoms with Crippen molar-refractivity contribution in [2.24, 2.45) is 0 Å². The summed E-state index contributed by atoms with van der Waals surface area (Å²) >= 11 is 0. The van der Waals surface area contributed by atoms with Gasteiger partial charge in [0, 0.05) is 6.54 Å². The van der Waals surface area contributed by atoms with Crippen molar-refractivity contribution in [3.63, 3.8) is 0 Å². The van der Waals surface area contributed by atoms with E-state index in [4.69, 9.17) is 5.11 Å². The number of likely N-dealkylation sites (N-methyl/N-ethyl adjacent to an activating group) is 1. The standard InChI is InChI=1S/C11H18N4O3/c1-7-11(8(2)14-13-7)12-9(16)6-15(3)5-4-10(17)18/h4-6H2,1-3H3,(H,12,16)(H,13,14)(H,17,18). The third-order valence-corrected chi connectivity index (χ3v) is 2.51. The third kappa shape index (κ3) is 4.17. The minimum Gasteiger partial charge on any atom is -0.481 e. The van der Waals surface area contributed by atoms with Gasteiger partial charge in [-0.25, -0.2) is 0 Å². The van der Waals surface area contributed by atoms with Crippen LogP contribution < -0.4 is 5.32 Å². The molecule has 7 nitrogen and oxygen atoms in total. The van der Waals surface area contributed by atoms with Crippen LogP contribution in [0.5, 0.6) is 0 Å². The minimum absolute atomic E-state index is 0.0214. The minimum atomic E-state index is -0.871. The van der Waals surface area contributed by atoms with Crippen LogP contribution in [0.25, 0.3) is 0 Å². The van der Waals surface area contributed by atoms with Crippen molar-refractivity contribution in [3.8, 4) is 0 Å². The lowest BCUT2D eigenvalue weighted by atomic mass is 10.3. The first kappa shape index (κ1) is 14.2. The summed E-state index contributed by atoms with van der Waals surface area (Å²) in [5, 5.41) is 18.0. The van der Waals surface area contributed by atoms with Crippen molar-refractivity contribution in [3.05, 3.63) is 11.4 Å². The van der Waals surface area contributed by atoms with Crippen molar-refractivity contribution >= 4 is 17.6 Å². The molecule has 0 aliphatic carbocycles. The van der Waals surface area contributed by atoms with Gasteiger partial charge in [0.15, 0.2) is 0 Å². The molecule has 0 aliphatic heterocycles. The molecule has 0 radical (unpaired) electrons. The van der Waals surface area contributed by atoms with E-state index in [0.29, 0.717) is 12.2 Å². The molecule has 3 N–H and O–H groups in total. The number of anilines is 1. The van der Waals surface area contributed by atoms with Crippen LogP contribution in [0, 0.1) is 13.8 Å². The molecule has 0 aliphatic rings. The summed E-state index contributed by atoms with van der Waals surface area (Å²) in [6, 6.07) is 0. The van der Waals surface area contributed by atoms with Crippen LogP contribution in [0.1, 0.15) is 17.8 Å². The molecule has 0 saturated carbocycles. The zero-order chi connectivity index (χ0) is 13.7. The molecule has 0 unspecified atom stereocenters. The summed E-state index contributed by atoms with van der Waals surface area (Å²) in [5.74, 6) is -1.06. The highest BCUT2D eigenvalue weighted by Crippen LogP contribution is 2.15. The normalized spacial score (nSPS) is 10.7. The largest absolute Gasteiger partial charge is 0.481 e. The number of carboxylic acids is 1. The van der Waals surface area contributed by atoms with Crippen molar-refractivity contribution < 1.29 is 14.7 Å². The Morgan fingerprint density at radius 3 is 2.61 bits per heavy atom. The Labute approximate surface area is 105 Å². The average Bonchev–Trinajstić information content (AvgIpc) is 2.58. The SMILES string of the molecule is Cc1n[nH]c(C)c1NC(=O)CN(C)CCC(=O)O. The first-order chi connectivity index (χ1) is 8.40. The maximum absolute atomic E-state index is 11.7. The molecule has 1 heterocycles. The van der Waals surface area contributed by atoms with E-state index in [1.165, 1.54) is 0 Å². The second-order valence-corrected chi connectivity index (χ2v) is 4.24. The van der Waals surface area contributed by atoms with Crippen molar-refractivity contribution in [2.45, 2.75) is 20.3 Å². The zero-order valence-corrected chi connectivity index (χ0v) is 10.8. The Bertz CT molecular complexity index is 422. The first-order valence-electron chi connectivity index (χ1n) is 5.62. The quantitative estimate of drug-likeness (QED) is 0.681. The number of aliphatic carboxylic acids is 1. The predicted molar refractivity (Wildman–Crippen MR) is 66.4 cm³/mol. The molecule has 1 aromatic heterocycles. The Morgan fingerprint density at radius 1 is 1.44 bits per heavy atom. The Balaban J connectivity index is 2.44. The number of hydrogen-bond acceptors (Lipinski definition) is 4. The number of aromatic amines is 1. The maximum atomic E-state index is 11.7. The number of H-pyrrole nitrogens is 1. The fraction of sp³-hybridized carbons (Fsp3) is 0.545. The third-order valence-electron chi connectivity index (χ3n) is 2.51. The summed E-state index contributed by atoms with van der Waals surface area (Å²) in [6.07, 6.45) is 0.0214. The summed E-state index contributed by atoms with van der Waals surface area (Å²) in [7, 11) is 1.71. The van der Waals surface area contributed by atoms with Gasteiger partial charge in [-0.1, -0.05) is 0 Å². The number of hydrogen-bond donors (Lipinski definition) is 3. The van der Waals surface area contributed by atoms with E-state index in [9.17, 15) is 9.59 Å². The van der Waals surface area contributed by atoms with E-state index < -0.39 is 5.97 Å². The summed E-state index contributed by atoms with van der Waals surface area (Å²) in [6.45, 7) is 4.11. The monoisotopic (exact) mass is 254 g/mol. The Kier molecular flexibility index (Phi) is 4.85. The van der Waals surface area contributed by atoms with Gasteiger partial charge in [0.1, 0.15) is 0 Å². The zero-order valence-electron chi connectivity index (χ0n) is 10.8.